The maximum absolute atomic E-state index is 14.5. The van der Waals surface area contributed by atoms with Crippen molar-refractivity contribution in [3.63, 3.8) is 0 Å². The second-order valence-corrected chi connectivity index (χ2v) is 9.85. The van der Waals surface area contributed by atoms with E-state index in [4.69, 9.17) is 4.74 Å². The van der Waals surface area contributed by atoms with Gasteiger partial charge in [0.05, 0.1) is 31.1 Å². The SMILES string of the molecule is CCOC(=O)C[N+]1(C=O)CCN(c2c(Nc3ccc(I)cc3F)sc3ncccc23)CC1. The van der Waals surface area contributed by atoms with Crippen molar-refractivity contribution in [2.45, 2.75) is 6.92 Å². The molecule has 2 aromatic heterocycles. The van der Waals surface area contributed by atoms with E-state index < -0.39 is 0 Å². The summed E-state index contributed by atoms with van der Waals surface area (Å²) in [5, 5.41) is 5.02. The van der Waals surface area contributed by atoms with Crippen LogP contribution in [0.2, 0.25) is 0 Å². The largest absolute Gasteiger partial charge is 0.462 e. The summed E-state index contributed by atoms with van der Waals surface area (Å²) in [5.41, 5.74) is 1.34. The van der Waals surface area contributed by atoms with Crippen molar-refractivity contribution < 1.29 is 23.2 Å². The number of anilines is 3. The van der Waals surface area contributed by atoms with Gasteiger partial charge in [0.15, 0.2) is 6.54 Å². The lowest BCUT2D eigenvalue weighted by molar-refractivity contribution is -0.839. The van der Waals surface area contributed by atoms with Crippen LogP contribution in [0.4, 0.5) is 20.8 Å². The minimum absolute atomic E-state index is 0.0378. The van der Waals surface area contributed by atoms with E-state index in [-0.39, 0.29) is 22.8 Å². The molecule has 0 saturated carbocycles. The molecule has 1 amide bonds. The molecule has 1 aliphatic rings. The second kappa shape index (κ2) is 9.67. The lowest BCUT2D eigenvalue weighted by Gasteiger charge is -2.40. The van der Waals surface area contributed by atoms with Gasteiger partial charge in [0.1, 0.15) is 28.7 Å². The van der Waals surface area contributed by atoms with Crippen LogP contribution in [0.1, 0.15) is 6.92 Å². The fourth-order valence-corrected chi connectivity index (χ4v) is 5.41. The number of hydrogen-bond acceptors (Lipinski definition) is 7. The van der Waals surface area contributed by atoms with Crippen LogP contribution < -0.4 is 10.2 Å². The summed E-state index contributed by atoms with van der Waals surface area (Å²) in [5.74, 6) is -0.687. The van der Waals surface area contributed by atoms with E-state index in [0.29, 0.717) is 38.5 Å². The van der Waals surface area contributed by atoms with Crippen LogP contribution >= 0.6 is 33.9 Å². The number of benzene rings is 1. The van der Waals surface area contributed by atoms with Crippen molar-refractivity contribution in [1.82, 2.24) is 4.98 Å². The molecule has 7 nitrogen and oxygen atoms in total. The van der Waals surface area contributed by atoms with Gasteiger partial charge in [-0.1, -0.05) is 11.3 Å². The molecular weight excluding hydrogens is 546 g/mol. The van der Waals surface area contributed by atoms with E-state index in [9.17, 15) is 14.0 Å². The number of quaternary nitrogens is 1. The number of carbonyl (C=O) groups is 2. The van der Waals surface area contributed by atoms with E-state index in [1.54, 1.807) is 19.2 Å². The Morgan fingerprint density at radius 3 is 2.84 bits per heavy atom. The number of amides is 1. The first kappa shape index (κ1) is 22.9. The molecule has 3 aromatic rings. The Kier molecular flexibility index (Phi) is 6.91. The van der Waals surface area contributed by atoms with Gasteiger partial charge in [-0.15, -0.1) is 0 Å². The third kappa shape index (κ3) is 4.71. The van der Waals surface area contributed by atoms with Crippen molar-refractivity contribution in [2.75, 3.05) is 49.5 Å². The van der Waals surface area contributed by atoms with Gasteiger partial charge in [0.2, 0.25) is 0 Å². The Bertz CT molecular complexity index is 1150. The summed E-state index contributed by atoms with van der Waals surface area (Å²) in [6, 6.07) is 8.94. The number of thiophene rings is 1. The monoisotopic (exact) mass is 569 g/mol. The number of ether oxygens (including phenoxy) is 1. The molecule has 1 aliphatic heterocycles. The molecule has 168 valence electrons. The third-order valence-electron chi connectivity index (χ3n) is 5.54. The number of halogens is 2. The normalized spacial score (nSPS) is 15.5. The summed E-state index contributed by atoms with van der Waals surface area (Å²) in [7, 11) is 0. The molecule has 1 saturated heterocycles. The topological polar surface area (TPSA) is 71.5 Å². The quantitative estimate of drug-likeness (QED) is 0.200. The lowest BCUT2D eigenvalue weighted by Crippen LogP contribution is -2.61. The number of esters is 1. The molecule has 32 heavy (non-hydrogen) atoms. The van der Waals surface area contributed by atoms with E-state index >= 15 is 0 Å². The van der Waals surface area contributed by atoms with Crippen LogP contribution in [0.25, 0.3) is 10.2 Å². The molecule has 1 N–H and O–H groups in total. The number of pyridine rings is 1. The summed E-state index contributed by atoms with van der Waals surface area (Å²) in [4.78, 5) is 31.4. The first-order valence-electron chi connectivity index (χ1n) is 10.3. The first-order valence-corrected chi connectivity index (χ1v) is 12.2. The third-order valence-corrected chi connectivity index (χ3v) is 7.23. The standard InChI is InChI=1S/C22H23FIN4O3S/c1-2-31-19(30)13-28(14-29)10-8-27(9-11-28)20-16-4-3-7-25-21(16)32-22(20)26-18-6-5-15(24)12-17(18)23/h3-7,12,14,26H,2,8-11,13H2,1H3/q+1. The molecule has 4 rings (SSSR count). The van der Waals surface area contributed by atoms with Crippen molar-refractivity contribution in [3.05, 3.63) is 45.9 Å². The van der Waals surface area contributed by atoms with E-state index in [1.807, 2.05) is 18.2 Å². The van der Waals surface area contributed by atoms with Crippen LogP contribution in [0.5, 0.6) is 0 Å². The molecule has 1 fully saturated rings. The molecule has 1 aromatic carbocycles. The van der Waals surface area contributed by atoms with Gasteiger partial charge in [-0.3, -0.25) is 4.48 Å². The van der Waals surface area contributed by atoms with Crippen LogP contribution in [0.3, 0.4) is 0 Å². The van der Waals surface area contributed by atoms with Gasteiger partial charge >= 0.3 is 12.4 Å². The van der Waals surface area contributed by atoms with Gasteiger partial charge in [-0.25, -0.2) is 19.0 Å². The zero-order valence-electron chi connectivity index (χ0n) is 17.5. The maximum Gasteiger partial charge on any atom is 0.362 e. The number of nitrogens with one attached hydrogen (secondary N) is 1. The van der Waals surface area contributed by atoms with Gasteiger partial charge in [0.25, 0.3) is 0 Å². The van der Waals surface area contributed by atoms with Gasteiger partial charge in [-0.05, 0) is 59.8 Å². The van der Waals surface area contributed by atoms with Crippen LogP contribution in [0.15, 0.2) is 36.5 Å². The first-order chi connectivity index (χ1) is 15.4. The minimum atomic E-state index is -0.366. The minimum Gasteiger partial charge on any atom is -0.462 e. The Balaban J connectivity index is 1.62. The Hall–Kier alpha value is -2.31. The summed E-state index contributed by atoms with van der Waals surface area (Å²) < 4.78 is 20.4. The van der Waals surface area contributed by atoms with Crippen LogP contribution in [-0.2, 0) is 14.3 Å². The van der Waals surface area contributed by atoms with Crippen molar-refractivity contribution >= 4 is 72.9 Å². The summed E-state index contributed by atoms with van der Waals surface area (Å²) in [6.45, 7) is 4.19. The number of nitrogens with zero attached hydrogens (tertiary/aromatic N) is 3. The number of aromatic nitrogens is 1. The lowest BCUT2D eigenvalue weighted by atomic mass is 10.2. The van der Waals surface area contributed by atoms with Gasteiger partial charge in [0, 0.05) is 15.2 Å². The predicted molar refractivity (Wildman–Crippen MR) is 132 cm³/mol. The van der Waals surface area contributed by atoms with Crippen LogP contribution in [0, 0.1) is 9.39 Å². The molecule has 0 atom stereocenters. The van der Waals surface area contributed by atoms with E-state index in [0.717, 1.165) is 30.9 Å². The Labute approximate surface area is 202 Å². The van der Waals surface area contributed by atoms with Crippen molar-refractivity contribution in [2.24, 2.45) is 0 Å². The average molecular weight is 569 g/mol. The van der Waals surface area contributed by atoms with Gasteiger partial charge in [-0.2, -0.15) is 0 Å². The number of carbonyl (C=O) groups excluding carboxylic acids is 2. The number of rotatable bonds is 7. The average Bonchev–Trinajstić information content (AvgIpc) is 3.14. The fraction of sp³-hybridized carbons (Fsp3) is 0.318. The van der Waals surface area contributed by atoms with E-state index in [2.05, 4.69) is 37.8 Å². The van der Waals surface area contributed by atoms with Crippen molar-refractivity contribution in [1.29, 1.82) is 0 Å². The van der Waals surface area contributed by atoms with Gasteiger partial charge < -0.3 is 15.0 Å². The Morgan fingerprint density at radius 1 is 1.38 bits per heavy atom. The highest BCUT2D eigenvalue weighted by molar-refractivity contribution is 14.1. The number of piperazine rings is 1. The predicted octanol–water partition coefficient (Wildman–Crippen LogP) is 4.14. The molecular formula is C22H23FIN4O3S+. The van der Waals surface area contributed by atoms with E-state index in [1.165, 1.54) is 17.4 Å². The molecule has 0 bridgehead atoms. The summed E-state index contributed by atoms with van der Waals surface area (Å²) >= 11 is 3.55. The zero-order chi connectivity index (χ0) is 22.7. The number of hydrogen-bond donors (Lipinski definition) is 1. The fourth-order valence-electron chi connectivity index (χ4n) is 3.88. The number of fused-ring (bicyclic) bond motifs is 1. The molecule has 0 spiro atoms. The maximum atomic E-state index is 14.5. The smallest absolute Gasteiger partial charge is 0.362 e. The molecule has 3 heterocycles. The Morgan fingerprint density at radius 2 is 2.16 bits per heavy atom. The highest BCUT2D eigenvalue weighted by Gasteiger charge is 2.37. The second-order valence-electron chi connectivity index (χ2n) is 7.61. The highest BCUT2D eigenvalue weighted by atomic mass is 127. The molecule has 0 radical (unpaired) electrons. The summed E-state index contributed by atoms with van der Waals surface area (Å²) in [6.07, 6.45) is 2.59. The zero-order valence-corrected chi connectivity index (χ0v) is 20.5. The molecule has 0 unspecified atom stereocenters. The molecule has 10 heteroatoms. The van der Waals surface area contributed by atoms with Crippen molar-refractivity contribution in [3.8, 4) is 0 Å². The van der Waals surface area contributed by atoms with Crippen LogP contribution in [-0.4, -0.2) is 61.2 Å². The molecule has 0 aliphatic carbocycles. The highest BCUT2D eigenvalue weighted by Crippen LogP contribution is 2.44.